The van der Waals surface area contributed by atoms with E-state index in [1.165, 1.54) is 0 Å². The SMILES string of the molecule is CN(C)CCNC(=O)c1nccc2cc3c(cc12)c1cc(OC(=O)CCCC(=O)O)ccc1n3C. The Kier molecular flexibility index (Phi) is 6.97. The number of aliphatic carboxylic acids is 1. The van der Waals surface area contributed by atoms with Crippen molar-refractivity contribution in [3.8, 4) is 5.75 Å². The van der Waals surface area contributed by atoms with Crippen molar-refractivity contribution in [1.29, 1.82) is 0 Å². The van der Waals surface area contributed by atoms with Gasteiger partial charge in [-0.05, 0) is 62.3 Å². The van der Waals surface area contributed by atoms with Gasteiger partial charge in [-0.3, -0.25) is 19.4 Å². The number of nitrogens with one attached hydrogen (secondary N) is 1. The van der Waals surface area contributed by atoms with Gasteiger partial charge in [0, 0.05) is 66.4 Å². The zero-order valence-electron chi connectivity index (χ0n) is 20.0. The maximum absolute atomic E-state index is 12.9. The first-order valence-corrected chi connectivity index (χ1v) is 11.4. The van der Waals surface area contributed by atoms with Crippen LogP contribution in [0.3, 0.4) is 0 Å². The summed E-state index contributed by atoms with van der Waals surface area (Å²) in [6.07, 6.45) is 1.81. The maximum Gasteiger partial charge on any atom is 0.311 e. The molecule has 0 unspecified atom stereocenters. The standard InChI is InChI=1S/C26H28N4O5/c1-29(2)12-11-28-26(34)25-18-15-20-19-14-17(35-24(33)6-4-5-23(31)32)7-8-21(19)30(3)22(20)13-16(18)9-10-27-25/h7-10,13-15H,4-6,11-12H2,1-3H3,(H,28,34)(H,31,32). The van der Waals surface area contributed by atoms with E-state index < -0.39 is 11.9 Å². The topological polar surface area (TPSA) is 114 Å². The van der Waals surface area contributed by atoms with Gasteiger partial charge in [-0.1, -0.05) is 0 Å². The number of ether oxygens (including phenoxy) is 1. The molecule has 4 rings (SSSR count). The number of nitrogens with zero attached hydrogens (tertiary/aromatic N) is 3. The van der Waals surface area contributed by atoms with Crippen LogP contribution in [0.4, 0.5) is 0 Å². The number of hydrogen-bond acceptors (Lipinski definition) is 6. The number of likely N-dealkylation sites (N-methyl/N-ethyl adjacent to an activating group) is 1. The van der Waals surface area contributed by atoms with E-state index in [-0.39, 0.29) is 25.2 Å². The zero-order valence-corrected chi connectivity index (χ0v) is 20.0. The Hall–Kier alpha value is -3.98. The molecule has 2 N–H and O–H groups in total. The van der Waals surface area contributed by atoms with Gasteiger partial charge in [0.1, 0.15) is 11.4 Å². The molecule has 1 amide bonds. The largest absolute Gasteiger partial charge is 0.481 e. The van der Waals surface area contributed by atoms with Crippen LogP contribution in [-0.4, -0.2) is 64.6 Å². The van der Waals surface area contributed by atoms with Crippen LogP contribution >= 0.6 is 0 Å². The van der Waals surface area contributed by atoms with E-state index in [0.29, 0.717) is 18.0 Å². The summed E-state index contributed by atoms with van der Waals surface area (Å²) >= 11 is 0. The highest BCUT2D eigenvalue weighted by Crippen LogP contribution is 2.34. The average molecular weight is 477 g/mol. The predicted octanol–water partition coefficient (Wildman–Crippen LogP) is 3.33. The lowest BCUT2D eigenvalue weighted by Gasteiger charge is -2.11. The van der Waals surface area contributed by atoms with Gasteiger partial charge in [0.2, 0.25) is 0 Å². The minimum absolute atomic E-state index is 0.0302. The first-order valence-electron chi connectivity index (χ1n) is 11.4. The molecule has 0 atom stereocenters. The van der Waals surface area contributed by atoms with E-state index in [1.54, 1.807) is 18.3 Å². The molecule has 0 aliphatic carbocycles. The summed E-state index contributed by atoms with van der Waals surface area (Å²) in [4.78, 5) is 42.0. The molecule has 0 radical (unpaired) electrons. The molecule has 35 heavy (non-hydrogen) atoms. The van der Waals surface area contributed by atoms with Crippen molar-refractivity contribution in [2.45, 2.75) is 19.3 Å². The minimum atomic E-state index is -0.942. The zero-order chi connectivity index (χ0) is 25.1. The summed E-state index contributed by atoms with van der Waals surface area (Å²) in [5.41, 5.74) is 2.29. The van der Waals surface area contributed by atoms with Crippen molar-refractivity contribution in [2.75, 3.05) is 27.2 Å². The third kappa shape index (κ3) is 5.25. The van der Waals surface area contributed by atoms with Crippen LogP contribution in [0.25, 0.3) is 32.6 Å². The Bertz CT molecular complexity index is 1440. The van der Waals surface area contributed by atoms with E-state index in [1.807, 2.05) is 50.3 Å². The van der Waals surface area contributed by atoms with Crippen LogP contribution in [0, 0.1) is 0 Å². The lowest BCUT2D eigenvalue weighted by atomic mass is 10.0. The van der Waals surface area contributed by atoms with Crippen LogP contribution in [0.5, 0.6) is 5.75 Å². The number of carboxylic acids is 1. The van der Waals surface area contributed by atoms with Gasteiger partial charge < -0.3 is 24.6 Å². The van der Waals surface area contributed by atoms with E-state index in [4.69, 9.17) is 9.84 Å². The normalized spacial score (nSPS) is 11.4. The second-order valence-electron chi connectivity index (χ2n) is 8.77. The highest BCUT2D eigenvalue weighted by atomic mass is 16.5. The van der Waals surface area contributed by atoms with Gasteiger partial charge in [0.25, 0.3) is 5.91 Å². The Morgan fingerprint density at radius 2 is 1.80 bits per heavy atom. The number of fused-ring (bicyclic) bond motifs is 4. The lowest BCUT2D eigenvalue weighted by molar-refractivity contribution is -0.137. The number of aryl methyl sites for hydroxylation is 1. The fourth-order valence-electron chi connectivity index (χ4n) is 4.14. The van der Waals surface area contributed by atoms with Crippen molar-refractivity contribution in [1.82, 2.24) is 19.8 Å². The number of rotatable bonds is 9. The lowest BCUT2D eigenvalue weighted by Crippen LogP contribution is -2.31. The fraction of sp³-hybridized carbons (Fsp3) is 0.308. The van der Waals surface area contributed by atoms with E-state index in [9.17, 15) is 14.4 Å². The Morgan fingerprint density at radius 3 is 2.54 bits per heavy atom. The minimum Gasteiger partial charge on any atom is -0.481 e. The molecule has 0 aliphatic heterocycles. The first-order chi connectivity index (χ1) is 16.7. The molecule has 0 saturated carbocycles. The van der Waals surface area contributed by atoms with Crippen LogP contribution in [0.15, 0.2) is 42.6 Å². The first kappa shape index (κ1) is 24.2. The number of pyridine rings is 1. The molecule has 9 nitrogen and oxygen atoms in total. The summed E-state index contributed by atoms with van der Waals surface area (Å²) in [5.74, 6) is -1.26. The monoisotopic (exact) mass is 476 g/mol. The molecule has 0 fully saturated rings. The number of carbonyl (C=O) groups excluding carboxylic acids is 2. The van der Waals surface area contributed by atoms with Gasteiger partial charge in [-0.15, -0.1) is 0 Å². The number of carbonyl (C=O) groups is 3. The van der Waals surface area contributed by atoms with E-state index in [0.717, 1.165) is 39.1 Å². The third-order valence-electron chi connectivity index (χ3n) is 5.92. The van der Waals surface area contributed by atoms with E-state index in [2.05, 4.69) is 14.9 Å². The number of benzene rings is 2. The molecule has 0 saturated heterocycles. The molecule has 0 spiro atoms. The highest BCUT2D eigenvalue weighted by Gasteiger charge is 2.16. The Balaban J connectivity index is 1.70. The summed E-state index contributed by atoms with van der Waals surface area (Å²) in [7, 11) is 5.85. The van der Waals surface area contributed by atoms with Crippen molar-refractivity contribution in [3.63, 3.8) is 0 Å². The number of esters is 1. The maximum atomic E-state index is 12.9. The van der Waals surface area contributed by atoms with Gasteiger partial charge in [0.15, 0.2) is 0 Å². The fourth-order valence-corrected chi connectivity index (χ4v) is 4.14. The van der Waals surface area contributed by atoms with Crippen molar-refractivity contribution in [2.24, 2.45) is 7.05 Å². The molecule has 0 bridgehead atoms. The second kappa shape index (κ2) is 10.1. The van der Waals surface area contributed by atoms with Gasteiger partial charge in [-0.2, -0.15) is 0 Å². The van der Waals surface area contributed by atoms with Gasteiger partial charge in [0.05, 0.1) is 0 Å². The van der Waals surface area contributed by atoms with Gasteiger partial charge >= 0.3 is 11.9 Å². The molecule has 2 aromatic heterocycles. The quantitative estimate of drug-likeness (QED) is 0.281. The molecule has 0 aliphatic rings. The number of carboxylic acid groups (broad SMARTS) is 1. The van der Waals surface area contributed by atoms with E-state index >= 15 is 0 Å². The van der Waals surface area contributed by atoms with Crippen molar-refractivity contribution in [3.05, 3.63) is 48.3 Å². The molecular formula is C26H28N4O5. The Labute approximate surface area is 202 Å². The van der Waals surface area contributed by atoms with Crippen molar-refractivity contribution < 1.29 is 24.2 Å². The van der Waals surface area contributed by atoms with Crippen molar-refractivity contribution >= 4 is 50.4 Å². The summed E-state index contributed by atoms with van der Waals surface area (Å²) in [5, 5.41) is 15.1. The third-order valence-corrected chi connectivity index (χ3v) is 5.92. The molecule has 9 heteroatoms. The number of aromatic nitrogens is 2. The van der Waals surface area contributed by atoms with Gasteiger partial charge in [-0.25, -0.2) is 0 Å². The Morgan fingerprint density at radius 1 is 1.03 bits per heavy atom. The predicted molar refractivity (Wildman–Crippen MR) is 134 cm³/mol. The molecule has 2 aromatic carbocycles. The molecule has 182 valence electrons. The summed E-state index contributed by atoms with van der Waals surface area (Å²) in [6.45, 7) is 1.24. The smallest absolute Gasteiger partial charge is 0.311 e. The molecular weight excluding hydrogens is 448 g/mol. The molecule has 2 heterocycles. The summed E-state index contributed by atoms with van der Waals surface area (Å²) < 4.78 is 7.51. The average Bonchev–Trinajstić information content (AvgIpc) is 3.07. The molecule has 4 aromatic rings. The summed E-state index contributed by atoms with van der Waals surface area (Å²) in [6, 6.07) is 11.3. The van der Waals surface area contributed by atoms with Crippen LogP contribution in [0.2, 0.25) is 0 Å². The highest BCUT2D eigenvalue weighted by molar-refractivity contribution is 6.16. The van der Waals surface area contributed by atoms with Crippen LogP contribution < -0.4 is 10.1 Å². The van der Waals surface area contributed by atoms with Crippen LogP contribution in [0.1, 0.15) is 29.8 Å². The number of amides is 1. The van der Waals surface area contributed by atoms with Crippen LogP contribution in [-0.2, 0) is 16.6 Å². The second-order valence-corrected chi connectivity index (χ2v) is 8.77. The number of hydrogen-bond donors (Lipinski definition) is 2.